The van der Waals surface area contributed by atoms with Crippen molar-refractivity contribution in [1.29, 1.82) is 0 Å². The van der Waals surface area contributed by atoms with Gasteiger partial charge in [-0.2, -0.15) is 5.10 Å². The third kappa shape index (κ3) is 4.55. The molecule has 1 aliphatic heterocycles. The number of likely N-dealkylation sites (tertiary alicyclic amines) is 1. The molecule has 0 bridgehead atoms. The average molecular weight is 416 g/mol. The number of hydrogen-bond donors (Lipinski definition) is 1. The number of fused-ring (bicyclic) bond motifs is 1. The van der Waals surface area contributed by atoms with E-state index in [1.54, 1.807) is 25.0 Å². The lowest BCUT2D eigenvalue weighted by molar-refractivity contribution is -0.128. The molecule has 4 rings (SSSR count). The Morgan fingerprint density at radius 1 is 1.06 bits per heavy atom. The zero-order chi connectivity index (χ0) is 21.8. The minimum absolute atomic E-state index is 0.0670. The quantitative estimate of drug-likeness (QED) is 0.658. The van der Waals surface area contributed by atoms with Gasteiger partial charge < -0.3 is 9.64 Å². The number of nitrogens with one attached hydrogen (secondary N) is 1. The largest absolute Gasteiger partial charge is 0.497 e. The van der Waals surface area contributed by atoms with Crippen LogP contribution in [0.4, 0.5) is 0 Å². The smallest absolute Gasteiger partial charge is 0.272 e. The third-order valence-corrected chi connectivity index (χ3v) is 5.45. The van der Waals surface area contributed by atoms with Crippen LogP contribution in [0.25, 0.3) is 22.2 Å². The van der Waals surface area contributed by atoms with Crippen LogP contribution < -0.4 is 10.2 Å². The molecule has 1 fully saturated rings. The second-order valence-electron chi connectivity index (χ2n) is 7.43. The maximum atomic E-state index is 13.0. The Hall–Kier alpha value is -3.74. The first kappa shape index (κ1) is 20.5. The Balaban J connectivity index is 1.60. The van der Waals surface area contributed by atoms with Crippen LogP contribution in [0.1, 0.15) is 30.1 Å². The normalized spacial score (nSPS) is 13.7. The summed E-state index contributed by atoms with van der Waals surface area (Å²) in [5, 5.41) is 5.09. The number of methoxy groups -OCH3 is 1. The molecule has 0 spiro atoms. The van der Waals surface area contributed by atoms with Gasteiger partial charge in [0.1, 0.15) is 5.75 Å². The molecule has 0 aliphatic carbocycles. The molecule has 2 aromatic carbocycles. The van der Waals surface area contributed by atoms with Crippen LogP contribution in [0.2, 0.25) is 0 Å². The van der Waals surface area contributed by atoms with Gasteiger partial charge in [-0.15, -0.1) is 0 Å². The summed E-state index contributed by atoms with van der Waals surface area (Å²) in [6.45, 7) is 2.83. The van der Waals surface area contributed by atoms with E-state index in [0.717, 1.165) is 27.9 Å². The molecule has 1 aliphatic rings. The van der Waals surface area contributed by atoms with E-state index in [0.29, 0.717) is 37.2 Å². The molecule has 31 heavy (non-hydrogen) atoms. The van der Waals surface area contributed by atoms with Crippen LogP contribution in [0.15, 0.2) is 59.7 Å². The standard InChI is InChI=1S/C24H24N4O3/c1-16(29)28-13-11-18(12-14-28)26-27-24(30)21-15-23(17-7-9-19(31-2)10-8-17)25-22-6-4-3-5-20(21)22/h3-10,15H,11-14H2,1-2H3,(H,27,30). The Bertz CT molecular complexity index is 1150. The van der Waals surface area contributed by atoms with Crippen molar-refractivity contribution in [3.05, 3.63) is 60.2 Å². The van der Waals surface area contributed by atoms with Gasteiger partial charge in [0.05, 0.1) is 23.9 Å². The summed E-state index contributed by atoms with van der Waals surface area (Å²) >= 11 is 0. The highest BCUT2D eigenvalue weighted by Crippen LogP contribution is 2.26. The summed E-state index contributed by atoms with van der Waals surface area (Å²) in [4.78, 5) is 31.0. The Labute approximate surface area is 180 Å². The summed E-state index contributed by atoms with van der Waals surface area (Å²) < 4.78 is 5.23. The first-order chi connectivity index (χ1) is 15.0. The molecule has 0 atom stereocenters. The molecule has 2 heterocycles. The maximum absolute atomic E-state index is 13.0. The van der Waals surface area contributed by atoms with Crippen molar-refractivity contribution >= 4 is 28.4 Å². The van der Waals surface area contributed by atoms with Crippen molar-refractivity contribution in [3.63, 3.8) is 0 Å². The van der Waals surface area contributed by atoms with Crippen LogP contribution in [0.5, 0.6) is 5.75 Å². The van der Waals surface area contributed by atoms with Gasteiger partial charge in [0.15, 0.2) is 0 Å². The molecule has 1 aromatic heterocycles. The summed E-state index contributed by atoms with van der Waals surface area (Å²) in [6, 6.07) is 16.9. The number of nitrogens with zero attached hydrogens (tertiary/aromatic N) is 3. The van der Waals surface area contributed by atoms with Gasteiger partial charge in [0, 0.05) is 49.5 Å². The van der Waals surface area contributed by atoms with E-state index in [9.17, 15) is 9.59 Å². The lowest BCUT2D eigenvalue weighted by Crippen LogP contribution is -2.37. The Morgan fingerprint density at radius 3 is 2.45 bits per heavy atom. The molecule has 0 radical (unpaired) electrons. The number of ether oxygens (including phenoxy) is 1. The Kier molecular flexibility index (Phi) is 5.93. The number of aromatic nitrogens is 1. The van der Waals surface area contributed by atoms with E-state index >= 15 is 0 Å². The lowest BCUT2D eigenvalue weighted by atomic mass is 10.0. The number of carbonyl (C=O) groups excluding carboxylic acids is 2. The van der Waals surface area contributed by atoms with E-state index < -0.39 is 0 Å². The molecule has 0 saturated carbocycles. The van der Waals surface area contributed by atoms with Gasteiger partial charge in [0.25, 0.3) is 5.91 Å². The van der Waals surface area contributed by atoms with Crippen molar-refractivity contribution in [2.24, 2.45) is 5.10 Å². The molecule has 158 valence electrons. The van der Waals surface area contributed by atoms with Crippen molar-refractivity contribution in [2.45, 2.75) is 19.8 Å². The highest BCUT2D eigenvalue weighted by molar-refractivity contribution is 6.07. The van der Waals surface area contributed by atoms with E-state index in [2.05, 4.69) is 10.5 Å². The topological polar surface area (TPSA) is 83.9 Å². The van der Waals surface area contributed by atoms with Crippen LogP contribution in [0, 0.1) is 0 Å². The number of piperidine rings is 1. The number of benzene rings is 2. The summed E-state index contributed by atoms with van der Waals surface area (Å²) in [5.41, 5.74) is 6.44. The first-order valence-electron chi connectivity index (χ1n) is 10.2. The SMILES string of the molecule is COc1ccc(-c2cc(C(=O)NN=C3CCN(C(C)=O)CC3)c3ccccc3n2)cc1. The maximum Gasteiger partial charge on any atom is 0.272 e. The average Bonchev–Trinajstić information content (AvgIpc) is 2.82. The highest BCUT2D eigenvalue weighted by Gasteiger charge is 2.18. The summed E-state index contributed by atoms with van der Waals surface area (Å²) in [7, 11) is 1.62. The van der Waals surface area contributed by atoms with Gasteiger partial charge in [0.2, 0.25) is 5.91 Å². The van der Waals surface area contributed by atoms with E-state index in [1.807, 2.05) is 48.5 Å². The number of amides is 2. The zero-order valence-electron chi connectivity index (χ0n) is 17.6. The van der Waals surface area contributed by atoms with Gasteiger partial charge in [-0.25, -0.2) is 10.4 Å². The minimum atomic E-state index is -0.283. The number of hydrazone groups is 1. The summed E-state index contributed by atoms with van der Waals surface area (Å²) in [6.07, 6.45) is 1.32. The fourth-order valence-corrected chi connectivity index (χ4v) is 3.65. The number of pyridine rings is 1. The number of para-hydroxylation sites is 1. The molecule has 3 aromatic rings. The molecule has 1 saturated heterocycles. The number of hydrogen-bond acceptors (Lipinski definition) is 5. The lowest BCUT2D eigenvalue weighted by Gasteiger charge is -2.26. The van der Waals surface area contributed by atoms with Crippen molar-refractivity contribution in [2.75, 3.05) is 20.2 Å². The second-order valence-corrected chi connectivity index (χ2v) is 7.43. The predicted molar refractivity (Wildman–Crippen MR) is 120 cm³/mol. The molecule has 1 N–H and O–H groups in total. The number of rotatable bonds is 4. The minimum Gasteiger partial charge on any atom is -0.497 e. The molecule has 0 unspecified atom stereocenters. The zero-order valence-corrected chi connectivity index (χ0v) is 17.6. The van der Waals surface area contributed by atoms with Crippen LogP contribution in [-0.4, -0.2) is 47.6 Å². The molecule has 7 heteroatoms. The fourth-order valence-electron chi connectivity index (χ4n) is 3.65. The van der Waals surface area contributed by atoms with Crippen molar-refractivity contribution in [3.8, 4) is 17.0 Å². The van der Waals surface area contributed by atoms with E-state index in [-0.39, 0.29) is 11.8 Å². The summed E-state index contributed by atoms with van der Waals surface area (Å²) in [5.74, 6) is 0.543. The van der Waals surface area contributed by atoms with Gasteiger partial charge >= 0.3 is 0 Å². The number of carbonyl (C=O) groups is 2. The fraction of sp³-hybridized carbons (Fsp3) is 0.250. The first-order valence-corrected chi connectivity index (χ1v) is 10.2. The Morgan fingerprint density at radius 2 is 1.77 bits per heavy atom. The van der Waals surface area contributed by atoms with Crippen LogP contribution >= 0.6 is 0 Å². The second kappa shape index (κ2) is 8.95. The van der Waals surface area contributed by atoms with E-state index in [4.69, 9.17) is 9.72 Å². The molecular formula is C24H24N4O3. The van der Waals surface area contributed by atoms with Gasteiger partial charge in [-0.05, 0) is 36.4 Å². The van der Waals surface area contributed by atoms with Crippen molar-refractivity contribution in [1.82, 2.24) is 15.3 Å². The predicted octanol–water partition coefficient (Wildman–Crippen LogP) is 3.64. The molecule has 2 amide bonds. The van der Waals surface area contributed by atoms with Crippen molar-refractivity contribution < 1.29 is 14.3 Å². The van der Waals surface area contributed by atoms with Gasteiger partial charge in [-0.3, -0.25) is 9.59 Å². The van der Waals surface area contributed by atoms with E-state index in [1.165, 1.54) is 0 Å². The molecule has 7 nitrogen and oxygen atoms in total. The van der Waals surface area contributed by atoms with Gasteiger partial charge in [-0.1, -0.05) is 18.2 Å². The molecular weight excluding hydrogens is 392 g/mol. The monoisotopic (exact) mass is 416 g/mol. The van der Waals surface area contributed by atoms with Crippen LogP contribution in [0.3, 0.4) is 0 Å². The van der Waals surface area contributed by atoms with Crippen LogP contribution in [-0.2, 0) is 4.79 Å². The third-order valence-electron chi connectivity index (χ3n) is 5.45. The highest BCUT2D eigenvalue weighted by atomic mass is 16.5.